The molecule has 0 aliphatic rings. The Hall–Kier alpha value is -1.72. The number of benzene rings is 2. The van der Waals surface area contributed by atoms with E-state index in [9.17, 15) is 8.42 Å². The van der Waals surface area contributed by atoms with Crippen LogP contribution in [0.3, 0.4) is 0 Å². The number of rotatable bonds is 7. The third-order valence-corrected chi connectivity index (χ3v) is 5.19. The van der Waals surface area contributed by atoms with Gasteiger partial charge in [0.25, 0.3) is 0 Å². The molecular formula is C18H21ClO4S. The van der Waals surface area contributed by atoms with Gasteiger partial charge < -0.3 is 8.92 Å². The molecule has 0 amide bonds. The predicted octanol–water partition coefficient (Wildman–Crippen LogP) is 4.90. The fourth-order valence-electron chi connectivity index (χ4n) is 2.11. The smallest absolute Gasteiger partial charge is 0.339 e. The molecule has 0 aliphatic heterocycles. The number of halogens is 1. The number of unbranched alkanes of at least 4 members (excludes halogenated alkanes) is 1. The third-order valence-electron chi connectivity index (χ3n) is 3.53. The second-order valence-electron chi connectivity index (χ2n) is 5.58. The molecule has 2 aromatic rings. The van der Waals surface area contributed by atoms with Gasteiger partial charge in [-0.2, -0.15) is 8.42 Å². The topological polar surface area (TPSA) is 52.6 Å². The Morgan fingerprint density at radius 3 is 2.42 bits per heavy atom. The summed E-state index contributed by atoms with van der Waals surface area (Å²) in [5.74, 6) is 0.919. The van der Waals surface area contributed by atoms with Gasteiger partial charge in [0.2, 0.25) is 0 Å². The monoisotopic (exact) mass is 368 g/mol. The van der Waals surface area contributed by atoms with Crippen LogP contribution in [0.5, 0.6) is 11.5 Å². The van der Waals surface area contributed by atoms with Crippen molar-refractivity contribution in [2.75, 3.05) is 6.61 Å². The van der Waals surface area contributed by atoms with Crippen LogP contribution in [0.15, 0.2) is 41.3 Å². The zero-order valence-electron chi connectivity index (χ0n) is 14.0. The van der Waals surface area contributed by atoms with Crippen molar-refractivity contribution >= 4 is 21.7 Å². The minimum absolute atomic E-state index is 0.0930. The zero-order valence-corrected chi connectivity index (χ0v) is 15.6. The SMILES string of the molecule is CCCCOc1ccc(S(=O)(=O)Oc2ccc(Cl)c(C)c2)cc1C. The molecule has 2 aromatic carbocycles. The van der Waals surface area contributed by atoms with Crippen LogP contribution in [0.4, 0.5) is 0 Å². The van der Waals surface area contributed by atoms with Gasteiger partial charge in [-0.15, -0.1) is 0 Å². The van der Waals surface area contributed by atoms with Gasteiger partial charge in [-0.05, 0) is 67.8 Å². The van der Waals surface area contributed by atoms with Crippen molar-refractivity contribution in [2.24, 2.45) is 0 Å². The van der Waals surface area contributed by atoms with Crippen molar-refractivity contribution in [3.05, 3.63) is 52.5 Å². The molecule has 0 heterocycles. The van der Waals surface area contributed by atoms with Gasteiger partial charge in [0.15, 0.2) is 0 Å². The lowest BCUT2D eigenvalue weighted by atomic mass is 10.2. The Morgan fingerprint density at radius 2 is 1.79 bits per heavy atom. The van der Waals surface area contributed by atoms with Crippen LogP contribution in [0.2, 0.25) is 5.02 Å². The van der Waals surface area contributed by atoms with Crippen LogP contribution in [0, 0.1) is 13.8 Å². The lowest BCUT2D eigenvalue weighted by Crippen LogP contribution is -2.10. The lowest BCUT2D eigenvalue weighted by molar-refractivity contribution is 0.307. The van der Waals surface area contributed by atoms with Gasteiger partial charge in [-0.3, -0.25) is 0 Å². The van der Waals surface area contributed by atoms with Gasteiger partial charge in [-0.1, -0.05) is 24.9 Å². The van der Waals surface area contributed by atoms with E-state index >= 15 is 0 Å². The average molecular weight is 369 g/mol. The Morgan fingerprint density at radius 1 is 1.04 bits per heavy atom. The number of aryl methyl sites for hydroxylation is 2. The molecule has 0 N–H and O–H groups in total. The van der Waals surface area contributed by atoms with E-state index in [0.717, 1.165) is 24.0 Å². The van der Waals surface area contributed by atoms with Gasteiger partial charge in [0.1, 0.15) is 16.4 Å². The summed E-state index contributed by atoms with van der Waals surface area (Å²) in [6.07, 6.45) is 2.00. The summed E-state index contributed by atoms with van der Waals surface area (Å²) in [5, 5.41) is 0.559. The molecule has 4 nitrogen and oxygen atoms in total. The summed E-state index contributed by atoms with van der Waals surface area (Å²) in [6, 6.07) is 9.44. The first-order chi connectivity index (χ1) is 11.3. The molecule has 0 spiro atoms. The van der Waals surface area contributed by atoms with E-state index in [1.165, 1.54) is 12.1 Å². The Bertz CT molecular complexity index is 816. The molecule has 0 saturated carbocycles. The molecule has 0 fully saturated rings. The van der Waals surface area contributed by atoms with Crippen LogP contribution < -0.4 is 8.92 Å². The van der Waals surface area contributed by atoms with E-state index in [-0.39, 0.29) is 10.6 Å². The number of hydrogen-bond donors (Lipinski definition) is 0. The van der Waals surface area contributed by atoms with Gasteiger partial charge in [-0.25, -0.2) is 0 Å². The summed E-state index contributed by atoms with van der Waals surface area (Å²) in [4.78, 5) is 0.0930. The summed E-state index contributed by atoms with van der Waals surface area (Å²) in [7, 11) is -3.91. The molecule has 130 valence electrons. The quantitative estimate of drug-likeness (QED) is 0.515. The molecule has 0 aliphatic carbocycles. The maximum absolute atomic E-state index is 12.4. The van der Waals surface area contributed by atoms with Gasteiger partial charge >= 0.3 is 10.1 Å². The standard InChI is InChI=1S/C18H21ClO4S/c1-4-5-10-22-18-9-7-16(12-14(18)3)24(20,21)23-15-6-8-17(19)13(2)11-15/h6-9,11-12H,4-5,10H2,1-3H3. The molecule has 0 radical (unpaired) electrons. The minimum atomic E-state index is -3.91. The molecule has 0 saturated heterocycles. The molecule has 0 atom stereocenters. The average Bonchev–Trinajstić information content (AvgIpc) is 2.52. The lowest BCUT2D eigenvalue weighted by Gasteiger charge is -2.12. The Balaban J connectivity index is 2.19. The first kappa shape index (κ1) is 18.6. The van der Waals surface area contributed by atoms with Crippen molar-refractivity contribution < 1.29 is 17.3 Å². The molecule has 0 bridgehead atoms. The minimum Gasteiger partial charge on any atom is -0.493 e. The van der Waals surface area contributed by atoms with E-state index in [4.69, 9.17) is 20.5 Å². The van der Waals surface area contributed by atoms with E-state index in [1.807, 2.05) is 6.92 Å². The molecular weight excluding hydrogens is 348 g/mol. The summed E-state index contributed by atoms with van der Waals surface area (Å²) >= 11 is 5.94. The summed E-state index contributed by atoms with van der Waals surface area (Å²) in [5.41, 5.74) is 1.50. The third kappa shape index (κ3) is 4.65. The van der Waals surface area contributed by atoms with E-state index < -0.39 is 10.1 Å². The second kappa shape index (κ2) is 7.90. The fourth-order valence-corrected chi connectivity index (χ4v) is 3.24. The molecule has 6 heteroatoms. The van der Waals surface area contributed by atoms with Gasteiger partial charge in [0.05, 0.1) is 6.61 Å². The first-order valence-electron chi connectivity index (χ1n) is 7.77. The van der Waals surface area contributed by atoms with E-state index in [2.05, 4.69) is 6.92 Å². The van der Waals surface area contributed by atoms with Crippen molar-refractivity contribution in [3.63, 3.8) is 0 Å². The second-order valence-corrected chi connectivity index (χ2v) is 7.53. The molecule has 24 heavy (non-hydrogen) atoms. The molecule has 0 aromatic heterocycles. The van der Waals surface area contributed by atoms with Crippen molar-refractivity contribution in [1.82, 2.24) is 0 Å². The van der Waals surface area contributed by atoms with Crippen LogP contribution >= 0.6 is 11.6 Å². The van der Waals surface area contributed by atoms with Gasteiger partial charge in [0, 0.05) is 5.02 Å². The van der Waals surface area contributed by atoms with Crippen molar-refractivity contribution in [3.8, 4) is 11.5 Å². The Labute approximate surface area is 148 Å². The highest BCUT2D eigenvalue weighted by Gasteiger charge is 2.18. The van der Waals surface area contributed by atoms with E-state index in [1.54, 1.807) is 31.2 Å². The van der Waals surface area contributed by atoms with Crippen molar-refractivity contribution in [2.45, 2.75) is 38.5 Å². The number of hydrogen-bond acceptors (Lipinski definition) is 4. The van der Waals surface area contributed by atoms with Crippen LogP contribution in [0.1, 0.15) is 30.9 Å². The highest BCUT2D eigenvalue weighted by Crippen LogP contribution is 2.26. The molecule has 2 rings (SSSR count). The Kier molecular flexibility index (Phi) is 6.13. The highest BCUT2D eigenvalue weighted by molar-refractivity contribution is 7.87. The van der Waals surface area contributed by atoms with Crippen LogP contribution in [-0.4, -0.2) is 15.0 Å². The first-order valence-corrected chi connectivity index (χ1v) is 9.56. The predicted molar refractivity (Wildman–Crippen MR) is 95.6 cm³/mol. The van der Waals surface area contributed by atoms with E-state index in [0.29, 0.717) is 17.4 Å². The summed E-state index contributed by atoms with van der Waals surface area (Å²) in [6.45, 7) is 6.30. The molecule has 0 unspecified atom stereocenters. The number of ether oxygens (including phenoxy) is 1. The van der Waals surface area contributed by atoms with Crippen LogP contribution in [0.25, 0.3) is 0 Å². The zero-order chi connectivity index (χ0) is 17.7. The largest absolute Gasteiger partial charge is 0.493 e. The maximum Gasteiger partial charge on any atom is 0.339 e. The maximum atomic E-state index is 12.4. The highest BCUT2D eigenvalue weighted by atomic mass is 35.5. The van der Waals surface area contributed by atoms with Crippen LogP contribution in [-0.2, 0) is 10.1 Å². The normalized spacial score (nSPS) is 11.3. The summed E-state index contributed by atoms with van der Waals surface area (Å²) < 4.78 is 35.7. The fraction of sp³-hybridized carbons (Fsp3) is 0.333. The van der Waals surface area contributed by atoms with Crippen molar-refractivity contribution in [1.29, 1.82) is 0 Å².